The molecule has 1 heterocycles. The lowest BCUT2D eigenvalue weighted by atomic mass is 10.2. The minimum absolute atomic E-state index is 0.0422. The maximum absolute atomic E-state index is 12.5. The molecule has 0 radical (unpaired) electrons. The number of anilines is 1. The Morgan fingerprint density at radius 3 is 2.71 bits per heavy atom. The Balaban J connectivity index is 2.34. The fourth-order valence-corrected chi connectivity index (χ4v) is 3.83. The van der Waals surface area contributed by atoms with Crippen molar-refractivity contribution in [3.8, 4) is 0 Å². The van der Waals surface area contributed by atoms with Crippen molar-refractivity contribution in [2.45, 2.75) is 25.4 Å². The molecule has 0 saturated heterocycles. The lowest BCUT2D eigenvalue weighted by Crippen LogP contribution is -2.19. The number of aryl methyl sites for hydroxylation is 1. The number of aromatic nitrogens is 2. The van der Waals surface area contributed by atoms with Crippen LogP contribution in [-0.4, -0.2) is 25.2 Å². The number of hydrogen-bond donors (Lipinski definition) is 3. The lowest BCUT2D eigenvalue weighted by Gasteiger charge is -2.09. The number of sulfonamides is 1. The van der Waals surface area contributed by atoms with Crippen LogP contribution in [0.5, 0.6) is 0 Å². The zero-order valence-corrected chi connectivity index (χ0v) is 14.7. The van der Waals surface area contributed by atoms with Gasteiger partial charge in [-0.3, -0.25) is 9.82 Å². The molecule has 0 fully saturated rings. The molecule has 0 unspecified atom stereocenters. The van der Waals surface area contributed by atoms with Crippen LogP contribution in [0.25, 0.3) is 0 Å². The van der Waals surface area contributed by atoms with Crippen molar-refractivity contribution in [3.05, 3.63) is 39.1 Å². The summed E-state index contributed by atoms with van der Waals surface area (Å²) in [6.45, 7) is 4.99. The first kappa shape index (κ1) is 16.2. The fraction of sp³-hybridized carbons (Fsp3) is 0.308. The third kappa shape index (κ3) is 3.74. The van der Waals surface area contributed by atoms with Crippen LogP contribution in [0.3, 0.4) is 0 Å². The predicted molar refractivity (Wildman–Crippen MR) is 90.7 cm³/mol. The van der Waals surface area contributed by atoms with Gasteiger partial charge in [-0.15, -0.1) is 0 Å². The molecule has 0 bridgehead atoms. The fourth-order valence-electron chi connectivity index (χ4n) is 1.85. The number of benzene rings is 1. The Bertz CT molecular complexity index is 728. The van der Waals surface area contributed by atoms with Crippen LogP contribution in [0.4, 0.5) is 5.69 Å². The molecule has 6 nitrogen and oxygen atoms in total. The molecule has 2 aromatic rings. The Morgan fingerprint density at radius 1 is 1.33 bits per heavy atom. The van der Waals surface area contributed by atoms with E-state index in [0.29, 0.717) is 17.8 Å². The van der Waals surface area contributed by atoms with E-state index in [1.807, 2.05) is 26.0 Å². The monoisotopic (exact) mass is 420 g/mol. The van der Waals surface area contributed by atoms with E-state index in [4.69, 9.17) is 0 Å². The van der Waals surface area contributed by atoms with E-state index in [-0.39, 0.29) is 5.03 Å². The van der Waals surface area contributed by atoms with Gasteiger partial charge in [0.05, 0.1) is 5.69 Å². The van der Waals surface area contributed by atoms with Gasteiger partial charge in [0.25, 0.3) is 10.0 Å². The molecular weight excluding hydrogens is 403 g/mol. The van der Waals surface area contributed by atoms with Crippen LogP contribution in [0.1, 0.15) is 18.2 Å². The number of H-pyrrole nitrogens is 1. The molecule has 8 heteroatoms. The van der Waals surface area contributed by atoms with Crippen LogP contribution in [0, 0.1) is 10.5 Å². The molecule has 0 atom stereocenters. The van der Waals surface area contributed by atoms with Gasteiger partial charge in [-0.05, 0) is 48.2 Å². The minimum Gasteiger partial charge on any atom is -0.313 e. The predicted octanol–water partition coefficient (Wildman–Crippen LogP) is 2.23. The summed E-state index contributed by atoms with van der Waals surface area (Å²) in [5, 5.41) is 9.86. The summed E-state index contributed by atoms with van der Waals surface area (Å²) in [6.07, 6.45) is 0. The molecule has 1 aromatic carbocycles. The van der Waals surface area contributed by atoms with Crippen LogP contribution in [0.15, 0.2) is 29.3 Å². The maximum Gasteiger partial charge on any atom is 0.281 e. The van der Waals surface area contributed by atoms with E-state index in [2.05, 4.69) is 42.8 Å². The van der Waals surface area contributed by atoms with Crippen molar-refractivity contribution in [2.75, 3.05) is 11.3 Å². The Labute approximate surface area is 137 Å². The van der Waals surface area contributed by atoms with Crippen LogP contribution in [0.2, 0.25) is 0 Å². The largest absolute Gasteiger partial charge is 0.313 e. The van der Waals surface area contributed by atoms with Crippen LogP contribution < -0.4 is 10.0 Å². The molecule has 0 aliphatic heterocycles. The molecule has 114 valence electrons. The number of hydrogen-bond acceptors (Lipinski definition) is 4. The summed E-state index contributed by atoms with van der Waals surface area (Å²) < 4.78 is 28.5. The van der Waals surface area contributed by atoms with Gasteiger partial charge in [0.1, 0.15) is 0 Å². The Kier molecular flexibility index (Phi) is 5.22. The number of halogens is 1. The summed E-state index contributed by atoms with van der Waals surface area (Å²) in [4.78, 5) is 0. The normalized spacial score (nSPS) is 11.6. The lowest BCUT2D eigenvalue weighted by molar-refractivity contribution is 0.594. The summed E-state index contributed by atoms with van der Waals surface area (Å²) >= 11 is 2.09. The second-order valence-corrected chi connectivity index (χ2v) is 7.26. The highest BCUT2D eigenvalue weighted by atomic mass is 127. The van der Waals surface area contributed by atoms with Gasteiger partial charge in [0.2, 0.25) is 5.03 Å². The van der Waals surface area contributed by atoms with Crippen LogP contribution >= 0.6 is 22.6 Å². The maximum atomic E-state index is 12.5. The second-order valence-electron chi connectivity index (χ2n) is 4.50. The molecule has 2 rings (SSSR count). The van der Waals surface area contributed by atoms with E-state index >= 15 is 0 Å². The van der Waals surface area contributed by atoms with E-state index in [0.717, 1.165) is 15.8 Å². The summed E-state index contributed by atoms with van der Waals surface area (Å²) in [5.74, 6) is 0. The first-order chi connectivity index (χ1) is 9.95. The average Bonchev–Trinajstić information content (AvgIpc) is 2.81. The van der Waals surface area contributed by atoms with Crippen molar-refractivity contribution in [3.63, 3.8) is 0 Å². The highest BCUT2D eigenvalue weighted by Gasteiger charge is 2.24. The number of nitrogens with zero attached hydrogens (tertiary/aromatic N) is 1. The SMILES string of the molecule is CCNCc1c(S(=O)(=O)Nc2ccccc2I)n[nH]c1C. The van der Waals surface area contributed by atoms with Crippen molar-refractivity contribution >= 4 is 38.3 Å². The molecule has 0 aliphatic rings. The quantitative estimate of drug-likeness (QED) is 0.626. The highest BCUT2D eigenvalue weighted by Crippen LogP contribution is 2.23. The number of nitrogens with one attached hydrogen (secondary N) is 3. The molecule has 0 amide bonds. The smallest absolute Gasteiger partial charge is 0.281 e. The Hall–Kier alpha value is -1.13. The van der Waals surface area contributed by atoms with Crippen molar-refractivity contribution in [1.82, 2.24) is 15.5 Å². The van der Waals surface area contributed by atoms with Gasteiger partial charge >= 0.3 is 0 Å². The molecule has 0 aliphatic carbocycles. The standard InChI is InChI=1S/C13H17IN4O2S/c1-3-15-8-10-9(2)16-17-13(10)21(19,20)18-12-7-5-4-6-11(12)14/h4-7,15,18H,3,8H2,1-2H3,(H,16,17). The van der Waals surface area contributed by atoms with Gasteiger partial charge in [-0.2, -0.15) is 13.5 Å². The molecular formula is C13H17IN4O2S. The summed E-state index contributed by atoms with van der Waals surface area (Å²) in [7, 11) is -3.71. The van der Waals surface area contributed by atoms with Crippen molar-refractivity contribution in [1.29, 1.82) is 0 Å². The molecule has 21 heavy (non-hydrogen) atoms. The number of aromatic amines is 1. The van der Waals surface area contributed by atoms with E-state index in [1.54, 1.807) is 12.1 Å². The number of para-hydroxylation sites is 1. The van der Waals surface area contributed by atoms with E-state index < -0.39 is 10.0 Å². The van der Waals surface area contributed by atoms with Gasteiger partial charge in [0, 0.05) is 21.4 Å². The van der Waals surface area contributed by atoms with Gasteiger partial charge < -0.3 is 5.32 Å². The third-order valence-electron chi connectivity index (χ3n) is 2.96. The highest BCUT2D eigenvalue weighted by molar-refractivity contribution is 14.1. The molecule has 1 aromatic heterocycles. The van der Waals surface area contributed by atoms with E-state index in [1.165, 1.54) is 0 Å². The molecule has 0 saturated carbocycles. The van der Waals surface area contributed by atoms with Crippen LogP contribution in [-0.2, 0) is 16.6 Å². The van der Waals surface area contributed by atoms with Crippen molar-refractivity contribution < 1.29 is 8.42 Å². The molecule has 0 spiro atoms. The molecule has 3 N–H and O–H groups in total. The summed E-state index contributed by atoms with van der Waals surface area (Å²) in [5.41, 5.74) is 1.96. The van der Waals surface area contributed by atoms with Gasteiger partial charge in [0.15, 0.2) is 0 Å². The topological polar surface area (TPSA) is 86.9 Å². The third-order valence-corrected chi connectivity index (χ3v) is 5.24. The zero-order valence-electron chi connectivity index (χ0n) is 11.8. The first-order valence-electron chi connectivity index (χ1n) is 6.47. The van der Waals surface area contributed by atoms with Gasteiger partial charge in [-0.1, -0.05) is 19.1 Å². The second kappa shape index (κ2) is 6.75. The minimum atomic E-state index is -3.71. The average molecular weight is 420 g/mol. The first-order valence-corrected chi connectivity index (χ1v) is 9.03. The summed E-state index contributed by atoms with van der Waals surface area (Å²) in [6, 6.07) is 7.21. The van der Waals surface area contributed by atoms with Gasteiger partial charge in [-0.25, -0.2) is 0 Å². The van der Waals surface area contributed by atoms with E-state index in [9.17, 15) is 8.42 Å². The Morgan fingerprint density at radius 2 is 2.05 bits per heavy atom. The zero-order chi connectivity index (χ0) is 15.5. The van der Waals surface area contributed by atoms with Crippen molar-refractivity contribution in [2.24, 2.45) is 0 Å². The number of rotatable bonds is 6.